The normalized spacial score (nSPS) is 21.9. The van der Waals surface area contributed by atoms with Crippen molar-refractivity contribution in [2.24, 2.45) is 5.92 Å². The highest BCUT2D eigenvalue weighted by Gasteiger charge is 2.60. The molecule has 0 saturated carbocycles. The quantitative estimate of drug-likeness (QED) is 0.532. The number of rotatable bonds is 6. The summed E-state index contributed by atoms with van der Waals surface area (Å²) in [6.45, 7) is 2.44. The van der Waals surface area contributed by atoms with Gasteiger partial charge in [-0.2, -0.15) is 0 Å². The third-order valence-electron chi connectivity index (χ3n) is 5.97. The van der Waals surface area contributed by atoms with Gasteiger partial charge >= 0.3 is 0 Å². The van der Waals surface area contributed by atoms with E-state index in [0.29, 0.717) is 23.8 Å². The summed E-state index contributed by atoms with van der Waals surface area (Å²) in [5, 5.41) is 1.68. The number of methoxy groups -OCH3 is 1. The molecule has 3 aromatic rings. The zero-order valence-electron chi connectivity index (χ0n) is 18.4. The van der Waals surface area contributed by atoms with Crippen molar-refractivity contribution in [3.05, 3.63) is 84.4 Å². The minimum absolute atomic E-state index is 0.291. The van der Waals surface area contributed by atoms with E-state index in [2.05, 4.69) is 0 Å². The van der Waals surface area contributed by atoms with Gasteiger partial charge in [0.05, 0.1) is 31.1 Å². The van der Waals surface area contributed by atoms with Gasteiger partial charge in [-0.15, -0.1) is 0 Å². The maximum absolute atomic E-state index is 13.7. The van der Waals surface area contributed by atoms with Crippen LogP contribution in [0, 0.1) is 5.92 Å². The smallest absolute Gasteiger partial charge is 0.266 e. The molecule has 33 heavy (non-hydrogen) atoms. The molecule has 5 rings (SSSR count). The number of imide groups is 1. The molecule has 0 radical (unpaired) electrons. The molecule has 0 N–H and O–H groups in total. The number of hydrogen-bond acceptors (Lipinski definition) is 6. The lowest BCUT2D eigenvalue weighted by Gasteiger charge is -2.29. The van der Waals surface area contributed by atoms with Crippen LogP contribution in [-0.2, 0) is 14.4 Å². The number of fused-ring (bicyclic) bond motifs is 1. The van der Waals surface area contributed by atoms with Gasteiger partial charge in [-0.05, 0) is 61.0 Å². The number of carbonyl (C=O) groups is 2. The van der Waals surface area contributed by atoms with Crippen LogP contribution in [0.25, 0.3) is 0 Å². The first-order chi connectivity index (χ1) is 16.1. The molecule has 0 aromatic heterocycles. The average Bonchev–Trinajstić information content (AvgIpc) is 3.36. The third-order valence-corrected chi connectivity index (χ3v) is 5.97. The Bertz CT molecular complexity index is 1160. The minimum Gasteiger partial charge on any atom is -0.497 e. The summed E-state index contributed by atoms with van der Waals surface area (Å²) in [6.07, 6.45) is -0.916. The Hall–Kier alpha value is -3.84. The molecule has 2 heterocycles. The molecule has 2 aliphatic heterocycles. The van der Waals surface area contributed by atoms with Crippen LogP contribution in [0.1, 0.15) is 18.5 Å². The summed E-state index contributed by atoms with van der Waals surface area (Å²) in [7, 11) is 1.60. The molecule has 168 valence electrons. The molecule has 2 aliphatic rings. The first kappa shape index (κ1) is 21.0. The van der Waals surface area contributed by atoms with E-state index in [1.54, 1.807) is 36.4 Å². The summed E-state index contributed by atoms with van der Waals surface area (Å²) in [5.41, 5.74) is 2.11. The molecule has 0 spiro atoms. The number of hydrogen-bond donors (Lipinski definition) is 0. The van der Waals surface area contributed by atoms with E-state index in [-0.39, 0.29) is 11.8 Å². The van der Waals surface area contributed by atoms with Crippen LogP contribution < -0.4 is 19.4 Å². The van der Waals surface area contributed by atoms with Crippen molar-refractivity contribution in [2.45, 2.75) is 19.1 Å². The summed E-state index contributed by atoms with van der Waals surface area (Å²) >= 11 is 0. The summed E-state index contributed by atoms with van der Waals surface area (Å²) in [6, 6.07) is 23.5. The van der Waals surface area contributed by atoms with Gasteiger partial charge in [0.1, 0.15) is 17.4 Å². The van der Waals surface area contributed by atoms with E-state index in [4.69, 9.17) is 14.3 Å². The predicted molar refractivity (Wildman–Crippen MR) is 123 cm³/mol. The maximum Gasteiger partial charge on any atom is 0.266 e. The van der Waals surface area contributed by atoms with Crippen LogP contribution >= 0.6 is 0 Å². The molecular weight excluding hydrogens is 420 g/mol. The zero-order valence-corrected chi connectivity index (χ0v) is 18.4. The highest BCUT2D eigenvalue weighted by atomic mass is 16.7. The summed E-state index contributed by atoms with van der Waals surface area (Å²) in [5.74, 6) is -0.0114. The number of nitrogens with zero attached hydrogens (tertiary/aromatic N) is 2. The van der Waals surface area contributed by atoms with E-state index in [1.807, 2.05) is 61.5 Å². The lowest BCUT2D eigenvalue weighted by Crippen LogP contribution is -2.37. The molecule has 0 aliphatic carbocycles. The SMILES string of the molecule is CCOc1ccc(N2C(=O)[C@@H]3[C@H](ON(c4ccccc4)[C@H]3c3cccc(OC)c3)C2=O)cc1. The second kappa shape index (κ2) is 8.60. The van der Waals surface area contributed by atoms with E-state index in [0.717, 1.165) is 11.3 Å². The van der Waals surface area contributed by atoms with Crippen LogP contribution in [-0.4, -0.2) is 31.6 Å². The highest BCUT2D eigenvalue weighted by molar-refractivity contribution is 6.23. The van der Waals surface area contributed by atoms with E-state index >= 15 is 0 Å². The van der Waals surface area contributed by atoms with Crippen LogP contribution in [0.2, 0.25) is 0 Å². The van der Waals surface area contributed by atoms with Gasteiger partial charge in [-0.1, -0.05) is 30.3 Å². The Kier molecular flexibility index (Phi) is 5.48. The third kappa shape index (κ3) is 3.60. The second-order valence-corrected chi connectivity index (χ2v) is 7.87. The van der Waals surface area contributed by atoms with Crippen LogP contribution in [0.3, 0.4) is 0 Å². The van der Waals surface area contributed by atoms with Crippen molar-refractivity contribution >= 4 is 23.2 Å². The Morgan fingerprint density at radius 1 is 0.848 bits per heavy atom. The molecule has 2 saturated heterocycles. The zero-order chi connectivity index (χ0) is 22.9. The van der Waals surface area contributed by atoms with Crippen molar-refractivity contribution in [3.63, 3.8) is 0 Å². The van der Waals surface area contributed by atoms with Crippen LogP contribution in [0.15, 0.2) is 78.9 Å². The van der Waals surface area contributed by atoms with Crippen molar-refractivity contribution < 1.29 is 23.9 Å². The average molecular weight is 444 g/mol. The monoisotopic (exact) mass is 444 g/mol. The lowest BCUT2D eigenvalue weighted by atomic mass is 9.90. The summed E-state index contributed by atoms with van der Waals surface area (Å²) in [4.78, 5) is 34.4. The van der Waals surface area contributed by atoms with Crippen LogP contribution in [0.5, 0.6) is 11.5 Å². The van der Waals surface area contributed by atoms with Gasteiger partial charge in [0.25, 0.3) is 5.91 Å². The Morgan fingerprint density at radius 3 is 2.30 bits per heavy atom. The molecule has 2 amide bonds. The molecule has 0 unspecified atom stereocenters. The van der Waals surface area contributed by atoms with Crippen LogP contribution in [0.4, 0.5) is 11.4 Å². The topological polar surface area (TPSA) is 68.3 Å². The Labute approximate surface area is 192 Å². The maximum atomic E-state index is 13.7. The van der Waals surface area contributed by atoms with Gasteiger partial charge in [0.2, 0.25) is 5.91 Å². The van der Waals surface area contributed by atoms with Crippen molar-refractivity contribution in [1.82, 2.24) is 0 Å². The molecule has 3 aromatic carbocycles. The molecular formula is C26H24N2O5. The fourth-order valence-corrected chi connectivity index (χ4v) is 4.49. The van der Waals surface area contributed by atoms with Crippen molar-refractivity contribution in [2.75, 3.05) is 23.7 Å². The standard InChI is InChI=1S/C26H24N2O5/c1-3-32-20-14-12-18(13-15-20)27-25(29)22-23(17-8-7-11-21(16-17)31-2)28(33-24(22)26(27)30)19-9-5-4-6-10-19/h4-16,22-24H,3H2,1-2H3/t22-,23-,24-/m0/s1. The fourth-order valence-electron chi connectivity index (χ4n) is 4.49. The molecule has 3 atom stereocenters. The second-order valence-electron chi connectivity index (χ2n) is 7.87. The molecule has 2 fully saturated rings. The molecule has 7 heteroatoms. The molecule has 7 nitrogen and oxygen atoms in total. The summed E-state index contributed by atoms with van der Waals surface area (Å²) < 4.78 is 10.9. The van der Waals surface area contributed by atoms with Gasteiger partial charge in [0.15, 0.2) is 6.10 Å². The minimum atomic E-state index is -0.916. The number of ether oxygens (including phenoxy) is 2. The number of hydroxylamine groups is 1. The van der Waals surface area contributed by atoms with E-state index in [9.17, 15) is 9.59 Å². The van der Waals surface area contributed by atoms with E-state index < -0.39 is 18.1 Å². The highest BCUT2D eigenvalue weighted by Crippen LogP contribution is 2.48. The van der Waals surface area contributed by atoms with Gasteiger partial charge in [-0.3, -0.25) is 14.4 Å². The first-order valence-electron chi connectivity index (χ1n) is 10.9. The predicted octanol–water partition coefficient (Wildman–Crippen LogP) is 4.15. The Balaban J connectivity index is 1.54. The number of anilines is 2. The fraction of sp³-hybridized carbons (Fsp3) is 0.231. The number of carbonyl (C=O) groups excluding carboxylic acids is 2. The molecule has 0 bridgehead atoms. The number of para-hydroxylation sites is 1. The first-order valence-corrected chi connectivity index (χ1v) is 10.9. The lowest BCUT2D eigenvalue weighted by molar-refractivity contribution is -0.126. The van der Waals surface area contributed by atoms with Gasteiger partial charge < -0.3 is 9.47 Å². The Morgan fingerprint density at radius 2 is 1.61 bits per heavy atom. The number of amides is 2. The number of benzene rings is 3. The van der Waals surface area contributed by atoms with Crippen molar-refractivity contribution in [1.29, 1.82) is 0 Å². The van der Waals surface area contributed by atoms with Crippen molar-refractivity contribution in [3.8, 4) is 11.5 Å². The largest absolute Gasteiger partial charge is 0.497 e. The van der Waals surface area contributed by atoms with Gasteiger partial charge in [0, 0.05) is 0 Å². The van der Waals surface area contributed by atoms with Gasteiger partial charge in [-0.25, -0.2) is 9.96 Å². The van der Waals surface area contributed by atoms with E-state index in [1.165, 1.54) is 4.90 Å².